The Morgan fingerprint density at radius 3 is 2.12 bits per heavy atom. The second kappa shape index (κ2) is 9.92. The lowest BCUT2D eigenvalue weighted by molar-refractivity contribution is 0.349. The van der Waals surface area contributed by atoms with Crippen molar-refractivity contribution in [2.24, 2.45) is 0 Å². The minimum Gasteiger partial charge on any atom is -0.494 e. The van der Waals surface area contributed by atoms with Crippen molar-refractivity contribution in [1.29, 1.82) is 0 Å². The summed E-state index contributed by atoms with van der Waals surface area (Å²) in [6.07, 6.45) is 2.65. The van der Waals surface area contributed by atoms with Gasteiger partial charge >= 0.3 is 0 Å². The number of anilines is 5. The monoisotopic (exact) mass is 523 g/mol. The zero-order chi connectivity index (χ0) is 23.3. The number of aromatic nitrogens is 2. The SMILES string of the molecule is COc1cc(OC)c(OC)cc1Nc1ncc(Br)c(Nc2ccccc2NS(C)(=O)=O)n1. The molecule has 0 unspecified atom stereocenters. The van der Waals surface area contributed by atoms with Gasteiger partial charge in [-0.2, -0.15) is 4.98 Å². The summed E-state index contributed by atoms with van der Waals surface area (Å²) in [5.74, 6) is 2.22. The fraction of sp³-hybridized carbons (Fsp3) is 0.200. The molecule has 0 aliphatic rings. The fourth-order valence-electron chi connectivity index (χ4n) is 2.77. The number of para-hydroxylation sites is 2. The molecule has 0 radical (unpaired) electrons. The van der Waals surface area contributed by atoms with Gasteiger partial charge in [0, 0.05) is 18.3 Å². The summed E-state index contributed by atoms with van der Waals surface area (Å²) in [6, 6.07) is 10.3. The van der Waals surface area contributed by atoms with Crippen molar-refractivity contribution in [1.82, 2.24) is 9.97 Å². The van der Waals surface area contributed by atoms with Crippen LogP contribution in [0.2, 0.25) is 0 Å². The van der Waals surface area contributed by atoms with E-state index in [9.17, 15) is 8.42 Å². The number of halogens is 1. The number of benzene rings is 2. The van der Waals surface area contributed by atoms with Crippen LogP contribution in [0.25, 0.3) is 0 Å². The highest BCUT2D eigenvalue weighted by Crippen LogP contribution is 2.39. The van der Waals surface area contributed by atoms with Gasteiger partial charge in [-0.25, -0.2) is 13.4 Å². The summed E-state index contributed by atoms with van der Waals surface area (Å²) >= 11 is 3.41. The first-order valence-corrected chi connectivity index (χ1v) is 11.9. The summed E-state index contributed by atoms with van der Waals surface area (Å²) in [5, 5.41) is 6.22. The van der Waals surface area contributed by atoms with E-state index in [2.05, 4.69) is 41.3 Å². The normalized spacial score (nSPS) is 10.9. The molecule has 0 saturated heterocycles. The van der Waals surface area contributed by atoms with Gasteiger partial charge in [-0.1, -0.05) is 12.1 Å². The lowest BCUT2D eigenvalue weighted by atomic mass is 10.2. The molecular weight excluding hydrogens is 502 g/mol. The highest BCUT2D eigenvalue weighted by Gasteiger charge is 2.15. The van der Waals surface area contributed by atoms with Gasteiger partial charge in [0.2, 0.25) is 16.0 Å². The predicted molar refractivity (Wildman–Crippen MR) is 127 cm³/mol. The largest absolute Gasteiger partial charge is 0.494 e. The molecule has 10 nitrogen and oxygen atoms in total. The van der Waals surface area contributed by atoms with E-state index in [1.165, 1.54) is 21.3 Å². The Labute approximate surface area is 194 Å². The smallest absolute Gasteiger partial charge is 0.229 e. The second-order valence-electron chi connectivity index (χ2n) is 6.47. The first-order chi connectivity index (χ1) is 15.2. The van der Waals surface area contributed by atoms with E-state index in [-0.39, 0.29) is 5.95 Å². The van der Waals surface area contributed by atoms with Crippen molar-refractivity contribution in [3.63, 3.8) is 0 Å². The predicted octanol–water partition coefficient (Wildman–Crippen LogP) is 4.12. The minimum atomic E-state index is -3.45. The Morgan fingerprint density at radius 1 is 0.875 bits per heavy atom. The molecule has 0 aliphatic carbocycles. The Kier molecular flexibility index (Phi) is 7.26. The van der Waals surface area contributed by atoms with Crippen molar-refractivity contribution < 1.29 is 22.6 Å². The van der Waals surface area contributed by atoms with Crippen molar-refractivity contribution >= 4 is 54.8 Å². The molecule has 1 aromatic heterocycles. The number of hydrogen-bond acceptors (Lipinski definition) is 9. The number of rotatable bonds is 9. The van der Waals surface area contributed by atoms with Gasteiger partial charge < -0.3 is 24.8 Å². The zero-order valence-electron chi connectivity index (χ0n) is 17.8. The Morgan fingerprint density at radius 2 is 1.50 bits per heavy atom. The molecule has 32 heavy (non-hydrogen) atoms. The zero-order valence-corrected chi connectivity index (χ0v) is 20.2. The van der Waals surface area contributed by atoms with Crippen LogP contribution in [0.1, 0.15) is 0 Å². The molecule has 0 spiro atoms. The molecule has 0 fully saturated rings. The lowest BCUT2D eigenvalue weighted by Crippen LogP contribution is -2.11. The van der Waals surface area contributed by atoms with Crippen LogP contribution >= 0.6 is 15.9 Å². The molecule has 1 heterocycles. The topological polar surface area (TPSA) is 124 Å². The third-order valence-electron chi connectivity index (χ3n) is 4.17. The summed E-state index contributed by atoms with van der Waals surface area (Å²) in [6.45, 7) is 0. The van der Waals surface area contributed by atoms with E-state index in [0.717, 1.165) is 6.26 Å². The van der Waals surface area contributed by atoms with Crippen LogP contribution in [-0.4, -0.2) is 46.0 Å². The Balaban J connectivity index is 1.93. The van der Waals surface area contributed by atoms with Crippen LogP contribution in [0.3, 0.4) is 0 Å². The third kappa shape index (κ3) is 5.71. The van der Waals surface area contributed by atoms with Crippen LogP contribution in [-0.2, 0) is 10.0 Å². The molecule has 12 heteroatoms. The van der Waals surface area contributed by atoms with Crippen LogP contribution < -0.4 is 29.6 Å². The van der Waals surface area contributed by atoms with Gasteiger partial charge in [-0.15, -0.1) is 0 Å². The van der Waals surface area contributed by atoms with Gasteiger partial charge in [0.15, 0.2) is 11.5 Å². The lowest BCUT2D eigenvalue weighted by Gasteiger charge is -2.16. The van der Waals surface area contributed by atoms with E-state index in [1.807, 2.05) is 0 Å². The molecule has 0 aliphatic heterocycles. The van der Waals surface area contributed by atoms with Crippen molar-refractivity contribution in [3.8, 4) is 17.2 Å². The number of nitrogens with zero attached hydrogens (tertiary/aromatic N) is 2. The van der Waals surface area contributed by atoms with Crippen LogP contribution in [0.4, 0.5) is 28.8 Å². The van der Waals surface area contributed by atoms with E-state index in [0.29, 0.717) is 44.6 Å². The molecule has 3 aromatic rings. The molecule has 0 bridgehead atoms. The highest BCUT2D eigenvalue weighted by molar-refractivity contribution is 9.10. The average Bonchev–Trinajstić information content (AvgIpc) is 2.76. The third-order valence-corrected chi connectivity index (χ3v) is 5.34. The Bertz CT molecular complexity index is 1220. The molecule has 0 amide bonds. The molecule has 0 saturated carbocycles. The summed E-state index contributed by atoms with van der Waals surface area (Å²) in [4.78, 5) is 8.77. The number of hydrogen-bond donors (Lipinski definition) is 3. The van der Waals surface area contributed by atoms with Gasteiger partial charge in [-0.3, -0.25) is 4.72 Å². The number of sulfonamides is 1. The van der Waals surface area contributed by atoms with Gasteiger partial charge in [0.25, 0.3) is 0 Å². The van der Waals surface area contributed by atoms with Gasteiger partial charge in [-0.05, 0) is 28.1 Å². The van der Waals surface area contributed by atoms with Crippen molar-refractivity contribution in [2.75, 3.05) is 42.9 Å². The van der Waals surface area contributed by atoms with E-state index in [4.69, 9.17) is 14.2 Å². The maximum absolute atomic E-state index is 11.7. The van der Waals surface area contributed by atoms with Crippen LogP contribution in [0.5, 0.6) is 17.2 Å². The number of methoxy groups -OCH3 is 3. The molecule has 3 N–H and O–H groups in total. The number of nitrogens with one attached hydrogen (secondary N) is 3. The van der Waals surface area contributed by atoms with Crippen LogP contribution in [0.15, 0.2) is 47.1 Å². The van der Waals surface area contributed by atoms with Gasteiger partial charge in [0.05, 0.1) is 49.1 Å². The minimum absolute atomic E-state index is 0.273. The second-order valence-corrected chi connectivity index (χ2v) is 9.07. The summed E-state index contributed by atoms with van der Waals surface area (Å²) in [5.41, 5.74) is 1.47. The van der Waals surface area contributed by atoms with E-state index < -0.39 is 10.0 Å². The van der Waals surface area contributed by atoms with Crippen molar-refractivity contribution in [3.05, 3.63) is 47.1 Å². The van der Waals surface area contributed by atoms with Crippen molar-refractivity contribution in [2.45, 2.75) is 0 Å². The maximum atomic E-state index is 11.7. The first-order valence-electron chi connectivity index (χ1n) is 9.17. The molecule has 0 atom stereocenters. The molecular formula is C20H22BrN5O5S. The standard InChI is InChI=1S/C20H22BrN5O5S/c1-29-16-10-18(31-3)17(30-2)9-15(16)24-20-22-11-12(21)19(25-20)23-13-7-5-6-8-14(13)26-32(4,27)28/h5-11,26H,1-4H3,(H2,22,23,24,25). The average molecular weight is 524 g/mol. The molecule has 170 valence electrons. The molecule has 3 rings (SSSR count). The number of ether oxygens (including phenoxy) is 3. The fourth-order valence-corrected chi connectivity index (χ4v) is 3.64. The highest BCUT2D eigenvalue weighted by atomic mass is 79.9. The maximum Gasteiger partial charge on any atom is 0.229 e. The molecule has 2 aromatic carbocycles. The quantitative estimate of drug-likeness (QED) is 0.379. The first kappa shape index (κ1) is 23.4. The van der Waals surface area contributed by atoms with E-state index in [1.54, 1.807) is 42.6 Å². The Hall–Kier alpha value is -3.25. The van der Waals surface area contributed by atoms with Crippen LogP contribution in [0, 0.1) is 0 Å². The summed E-state index contributed by atoms with van der Waals surface area (Å²) in [7, 11) is 1.16. The summed E-state index contributed by atoms with van der Waals surface area (Å²) < 4.78 is 42.5. The van der Waals surface area contributed by atoms with E-state index >= 15 is 0 Å². The van der Waals surface area contributed by atoms with Gasteiger partial charge in [0.1, 0.15) is 11.6 Å².